The predicted octanol–water partition coefficient (Wildman–Crippen LogP) is 3.25. The molecule has 1 amide bonds. The molecule has 0 aliphatic heterocycles. The van der Waals surface area contributed by atoms with Gasteiger partial charge >= 0.3 is 6.18 Å². The minimum Gasteiger partial charge on any atom is -0.351 e. The molecule has 0 saturated carbocycles. The maximum absolute atomic E-state index is 12.5. The molecule has 1 aromatic carbocycles. The molecule has 0 aliphatic rings. The number of halogens is 3. The van der Waals surface area contributed by atoms with Crippen LogP contribution in [0.1, 0.15) is 21.8 Å². The predicted molar refractivity (Wildman–Crippen MR) is 60.6 cm³/mol. The second-order valence-electron chi connectivity index (χ2n) is 3.87. The highest BCUT2D eigenvalue weighted by Gasteiger charge is 2.30. The second-order valence-corrected chi connectivity index (χ2v) is 3.87. The molecule has 2 rings (SSSR count). The molecule has 0 atom stereocenters. The first kappa shape index (κ1) is 13.1. The average Bonchev–Trinajstić information content (AvgIpc) is 2.75. The van der Waals surface area contributed by atoms with Gasteiger partial charge in [0.1, 0.15) is 0 Å². The molecule has 0 bridgehead atoms. The van der Waals surface area contributed by atoms with Crippen molar-refractivity contribution in [2.75, 3.05) is 5.32 Å². The zero-order chi connectivity index (χ0) is 14.0. The van der Waals surface area contributed by atoms with E-state index in [1.165, 1.54) is 18.2 Å². The van der Waals surface area contributed by atoms with E-state index in [4.69, 9.17) is 4.52 Å². The van der Waals surface area contributed by atoms with E-state index in [9.17, 15) is 18.0 Å². The number of carbonyl (C=O) groups excluding carboxylic acids is 1. The van der Waals surface area contributed by atoms with Crippen LogP contribution >= 0.6 is 0 Å². The molecule has 100 valence electrons. The molecule has 1 aromatic heterocycles. The largest absolute Gasteiger partial charge is 0.416 e. The highest BCUT2D eigenvalue weighted by molar-refractivity contribution is 6.02. The molecule has 1 heterocycles. The molecule has 7 heteroatoms. The number of nitrogens with zero attached hydrogens (tertiary/aromatic N) is 1. The molecule has 0 unspecified atom stereocenters. The van der Waals surface area contributed by atoms with Gasteiger partial charge in [0, 0.05) is 11.8 Å². The Hall–Kier alpha value is -2.31. The first-order valence-corrected chi connectivity index (χ1v) is 5.28. The number of anilines is 1. The normalized spacial score (nSPS) is 11.4. The van der Waals surface area contributed by atoms with Crippen LogP contribution in [-0.2, 0) is 6.18 Å². The lowest BCUT2D eigenvalue weighted by atomic mass is 10.2. The molecule has 4 nitrogen and oxygen atoms in total. The van der Waals surface area contributed by atoms with Crippen LogP contribution in [0.25, 0.3) is 0 Å². The van der Waals surface area contributed by atoms with E-state index < -0.39 is 17.6 Å². The average molecular weight is 270 g/mol. The molecule has 0 radical (unpaired) electrons. The highest BCUT2D eigenvalue weighted by Crippen LogP contribution is 2.30. The highest BCUT2D eigenvalue weighted by atomic mass is 19.4. The number of rotatable bonds is 2. The van der Waals surface area contributed by atoms with Crippen molar-refractivity contribution in [3.63, 3.8) is 0 Å². The summed E-state index contributed by atoms with van der Waals surface area (Å²) in [6.07, 6.45) is -4.45. The van der Waals surface area contributed by atoms with Gasteiger partial charge in [0.15, 0.2) is 0 Å². The summed E-state index contributed by atoms with van der Waals surface area (Å²) in [6.45, 7) is 1.63. The van der Waals surface area contributed by atoms with E-state index in [2.05, 4.69) is 10.5 Å². The lowest BCUT2D eigenvalue weighted by Crippen LogP contribution is -2.12. The van der Waals surface area contributed by atoms with Crippen molar-refractivity contribution in [2.45, 2.75) is 13.1 Å². The minimum atomic E-state index is -4.45. The molecule has 0 spiro atoms. The van der Waals surface area contributed by atoms with E-state index in [1.54, 1.807) is 6.92 Å². The van der Waals surface area contributed by atoms with Crippen molar-refractivity contribution in [2.24, 2.45) is 0 Å². The fraction of sp³-hybridized carbons (Fsp3) is 0.167. The van der Waals surface area contributed by atoms with Gasteiger partial charge in [-0.25, -0.2) is 0 Å². The van der Waals surface area contributed by atoms with Gasteiger partial charge in [-0.1, -0.05) is 11.2 Å². The van der Waals surface area contributed by atoms with Crippen molar-refractivity contribution < 1.29 is 22.5 Å². The first-order chi connectivity index (χ1) is 8.86. The van der Waals surface area contributed by atoms with Crippen LogP contribution in [0.5, 0.6) is 0 Å². The summed E-state index contributed by atoms with van der Waals surface area (Å²) < 4.78 is 42.2. The third-order valence-corrected chi connectivity index (χ3v) is 2.30. The van der Waals surface area contributed by atoms with Crippen molar-refractivity contribution in [3.05, 3.63) is 47.3 Å². The standard InChI is InChI=1S/C12H9F3N2O2/c1-7-5-10(19-17-7)11(18)16-9-4-2-3-8(6-9)12(13,14)15/h2-6H,1H3,(H,16,18). The molecule has 19 heavy (non-hydrogen) atoms. The Morgan fingerprint density at radius 3 is 2.63 bits per heavy atom. The Morgan fingerprint density at radius 2 is 2.05 bits per heavy atom. The quantitative estimate of drug-likeness (QED) is 0.911. The zero-order valence-electron chi connectivity index (χ0n) is 9.78. The summed E-state index contributed by atoms with van der Waals surface area (Å²) in [5, 5.41) is 5.83. The van der Waals surface area contributed by atoms with Gasteiger partial charge in [0.25, 0.3) is 5.91 Å². The van der Waals surface area contributed by atoms with Gasteiger partial charge in [-0.15, -0.1) is 0 Å². The Labute approximate surface area is 106 Å². The van der Waals surface area contributed by atoms with Crippen LogP contribution in [0.15, 0.2) is 34.9 Å². The SMILES string of the molecule is Cc1cc(C(=O)Nc2cccc(C(F)(F)F)c2)on1. The van der Waals surface area contributed by atoms with Crippen molar-refractivity contribution >= 4 is 11.6 Å². The fourth-order valence-electron chi connectivity index (χ4n) is 1.44. The number of aryl methyl sites for hydroxylation is 1. The van der Waals surface area contributed by atoms with Crippen LogP contribution < -0.4 is 5.32 Å². The van der Waals surface area contributed by atoms with Gasteiger partial charge < -0.3 is 9.84 Å². The van der Waals surface area contributed by atoms with Gasteiger partial charge in [-0.2, -0.15) is 13.2 Å². The molecule has 2 aromatic rings. The van der Waals surface area contributed by atoms with Crippen LogP contribution in [0, 0.1) is 6.92 Å². The van der Waals surface area contributed by atoms with Crippen molar-refractivity contribution in [1.82, 2.24) is 5.16 Å². The maximum atomic E-state index is 12.5. The summed E-state index contributed by atoms with van der Waals surface area (Å²) >= 11 is 0. The van der Waals surface area contributed by atoms with Gasteiger partial charge in [-0.05, 0) is 25.1 Å². The maximum Gasteiger partial charge on any atom is 0.416 e. The molecule has 0 saturated heterocycles. The van der Waals surface area contributed by atoms with E-state index in [1.807, 2.05) is 0 Å². The smallest absolute Gasteiger partial charge is 0.351 e. The van der Waals surface area contributed by atoms with Crippen LogP contribution in [0.3, 0.4) is 0 Å². The van der Waals surface area contributed by atoms with Gasteiger partial charge in [0.2, 0.25) is 5.76 Å². The molecular weight excluding hydrogens is 261 g/mol. The summed E-state index contributed by atoms with van der Waals surface area (Å²) in [6, 6.07) is 5.73. The van der Waals surface area contributed by atoms with Crippen LogP contribution in [-0.4, -0.2) is 11.1 Å². The molecule has 1 N–H and O–H groups in total. The van der Waals surface area contributed by atoms with Crippen molar-refractivity contribution in [3.8, 4) is 0 Å². The zero-order valence-corrected chi connectivity index (χ0v) is 9.78. The van der Waals surface area contributed by atoms with Gasteiger partial charge in [-0.3, -0.25) is 4.79 Å². The summed E-state index contributed by atoms with van der Waals surface area (Å²) in [7, 11) is 0. The third-order valence-electron chi connectivity index (χ3n) is 2.30. The minimum absolute atomic E-state index is 0.0360. The Balaban J connectivity index is 2.18. The summed E-state index contributed by atoms with van der Waals surface area (Å²) in [5.74, 6) is -0.713. The number of amides is 1. The van der Waals surface area contributed by atoms with Crippen LogP contribution in [0.4, 0.5) is 18.9 Å². The Bertz CT molecular complexity index is 605. The lowest BCUT2D eigenvalue weighted by molar-refractivity contribution is -0.137. The topological polar surface area (TPSA) is 55.1 Å². The number of carbonyl (C=O) groups is 1. The first-order valence-electron chi connectivity index (χ1n) is 5.28. The fourth-order valence-corrected chi connectivity index (χ4v) is 1.44. The summed E-state index contributed by atoms with van der Waals surface area (Å²) in [4.78, 5) is 11.7. The van der Waals surface area contributed by atoms with E-state index in [-0.39, 0.29) is 11.4 Å². The second kappa shape index (κ2) is 4.75. The Morgan fingerprint density at radius 1 is 1.32 bits per heavy atom. The van der Waals surface area contributed by atoms with E-state index in [0.29, 0.717) is 5.69 Å². The number of aromatic nitrogens is 1. The molecule has 0 fully saturated rings. The molecule has 0 aliphatic carbocycles. The van der Waals surface area contributed by atoms with E-state index >= 15 is 0 Å². The number of alkyl halides is 3. The number of nitrogens with one attached hydrogen (secondary N) is 1. The van der Waals surface area contributed by atoms with Crippen LogP contribution in [0.2, 0.25) is 0 Å². The lowest BCUT2D eigenvalue weighted by Gasteiger charge is -2.08. The summed E-state index contributed by atoms with van der Waals surface area (Å²) in [5.41, 5.74) is -0.290. The van der Waals surface area contributed by atoms with Crippen molar-refractivity contribution in [1.29, 1.82) is 0 Å². The monoisotopic (exact) mass is 270 g/mol. The third kappa shape index (κ3) is 3.12. The number of hydrogen-bond acceptors (Lipinski definition) is 3. The van der Waals surface area contributed by atoms with E-state index in [0.717, 1.165) is 12.1 Å². The number of benzene rings is 1. The Kier molecular flexibility index (Phi) is 3.28. The van der Waals surface area contributed by atoms with Gasteiger partial charge in [0.05, 0.1) is 11.3 Å². The molecular formula is C12H9F3N2O2. The number of hydrogen-bond donors (Lipinski definition) is 1.